The standard InChI is InChI=1S/C10H19ClO2/c1-8-3-5-10(13-8)6-4-9(11)7-12-2/h8-10H,3-7H2,1-2H3. The Morgan fingerprint density at radius 2 is 2.31 bits per heavy atom. The fourth-order valence-corrected chi connectivity index (χ4v) is 1.98. The summed E-state index contributed by atoms with van der Waals surface area (Å²) in [4.78, 5) is 0. The first-order valence-corrected chi connectivity index (χ1v) is 5.44. The quantitative estimate of drug-likeness (QED) is 0.644. The predicted molar refractivity (Wildman–Crippen MR) is 54.3 cm³/mol. The molecule has 3 unspecified atom stereocenters. The lowest BCUT2D eigenvalue weighted by Crippen LogP contribution is -2.13. The Kier molecular flexibility index (Phi) is 5.07. The number of halogens is 1. The SMILES string of the molecule is COCC(Cl)CCC1CCC(C)O1. The number of alkyl halides is 1. The summed E-state index contributed by atoms with van der Waals surface area (Å²) >= 11 is 6.02. The van der Waals surface area contributed by atoms with Crippen molar-refractivity contribution in [3.63, 3.8) is 0 Å². The lowest BCUT2D eigenvalue weighted by Gasteiger charge is -2.13. The summed E-state index contributed by atoms with van der Waals surface area (Å²) in [7, 11) is 1.68. The van der Waals surface area contributed by atoms with Crippen molar-refractivity contribution >= 4 is 11.6 Å². The molecular weight excluding hydrogens is 188 g/mol. The summed E-state index contributed by atoms with van der Waals surface area (Å²) in [6.07, 6.45) is 5.34. The van der Waals surface area contributed by atoms with Crippen molar-refractivity contribution < 1.29 is 9.47 Å². The average Bonchev–Trinajstić information content (AvgIpc) is 2.49. The highest BCUT2D eigenvalue weighted by Gasteiger charge is 2.22. The second kappa shape index (κ2) is 5.84. The molecule has 0 N–H and O–H groups in total. The zero-order valence-electron chi connectivity index (χ0n) is 8.46. The molecule has 3 atom stereocenters. The molecule has 0 aromatic carbocycles. The fraction of sp³-hybridized carbons (Fsp3) is 1.00. The van der Waals surface area contributed by atoms with Gasteiger partial charge in [0.2, 0.25) is 0 Å². The second-order valence-corrected chi connectivity index (χ2v) is 4.39. The number of hydrogen-bond acceptors (Lipinski definition) is 2. The molecule has 1 aliphatic rings. The molecule has 1 aliphatic heterocycles. The second-order valence-electron chi connectivity index (χ2n) is 3.78. The van der Waals surface area contributed by atoms with Gasteiger partial charge in [0.15, 0.2) is 0 Å². The van der Waals surface area contributed by atoms with Gasteiger partial charge in [-0.25, -0.2) is 0 Å². The third-order valence-corrected chi connectivity index (χ3v) is 2.81. The van der Waals surface area contributed by atoms with Gasteiger partial charge in [0.1, 0.15) is 0 Å². The van der Waals surface area contributed by atoms with E-state index in [4.69, 9.17) is 21.1 Å². The summed E-state index contributed by atoms with van der Waals surface area (Å²) in [6.45, 7) is 2.77. The lowest BCUT2D eigenvalue weighted by molar-refractivity contribution is 0.0485. The van der Waals surface area contributed by atoms with Crippen molar-refractivity contribution in [3.05, 3.63) is 0 Å². The van der Waals surface area contributed by atoms with Crippen LogP contribution in [0.1, 0.15) is 32.6 Å². The zero-order valence-corrected chi connectivity index (χ0v) is 9.22. The van der Waals surface area contributed by atoms with Crippen LogP contribution in [0.5, 0.6) is 0 Å². The van der Waals surface area contributed by atoms with Crippen LogP contribution in [-0.4, -0.2) is 31.3 Å². The molecule has 0 aromatic rings. The van der Waals surface area contributed by atoms with E-state index in [2.05, 4.69) is 6.92 Å². The van der Waals surface area contributed by atoms with Crippen molar-refractivity contribution in [1.82, 2.24) is 0 Å². The summed E-state index contributed by atoms with van der Waals surface area (Å²) in [5.41, 5.74) is 0. The highest BCUT2D eigenvalue weighted by atomic mass is 35.5. The van der Waals surface area contributed by atoms with E-state index in [0.717, 1.165) is 12.8 Å². The number of rotatable bonds is 5. The summed E-state index contributed by atoms with van der Waals surface area (Å²) in [6, 6.07) is 0. The van der Waals surface area contributed by atoms with Gasteiger partial charge in [-0.2, -0.15) is 0 Å². The largest absolute Gasteiger partial charge is 0.383 e. The molecule has 0 saturated carbocycles. The van der Waals surface area contributed by atoms with Crippen LogP contribution in [0.3, 0.4) is 0 Å². The van der Waals surface area contributed by atoms with Gasteiger partial charge in [0.05, 0.1) is 24.2 Å². The topological polar surface area (TPSA) is 18.5 Å². The molecule has 0 spiro atoms. The van der Waals surface area contributed by atoms with E-state index >= 15 is 0 Å². The molecule has 2 nitrogen and oxygen atoms in total. The number of methoxy groups -OCH3 is 1. The van der Waals surface area contributed by atoms with Crippen LogP contribution in [0.25, 0.3) is 0 Å². The Morgan fingerprint density at radius 3 is 2.85 bits per heavy atom. The Morgan fingerprint density at radius 1 is 1.54 bits per heavy atom. The molecular formula is C10H19ClO2. The van der Waals surface area contributed by atoms with Gasteiger partial charge >= 0.3 is 0 Å². The van der Waals surface area contributed by atoms with E-state index in [0.29, 0.717) is 18.8 Å². The zero-order chi connectivity index (χ0) is 9.68. The van der Waals surface area contributed by atoms with Crippen LogP contribution in [-0.2, 0) is 9.47 Å². The molecule has 1 rings (SSSR count). The summed E-state index contributed by atoms with van der Waals surface area (Å²) in [5, 5.41) is 0.143. The van der Waals surface area contributed by atoms with Gasteiger partial charge < -0.3 is 9.47 Å². The molecule has 0 aromatic heterocycles. The van der Waals surface area contributed by atoms with Crippen LogP contribution in [0, 0.1) is 0 Å². The van der Waals surface area contributed by atoms with Crippen LogP contribution in [0.2, 0.25) is 0 Å². The average molecular weight is 207 g/mol. The number of ether oxygens (including phenoxy) is 2. The van der Waals surface area contributed by atoms with Gasteiger partial charge in [0.25, 0.3) is 0 Å². The van der Waals surface area contributed by atoms with Gasteiger partial charge in [-0.05, 0) is 32.6 Å². The maximum absolute atomic E-state index is 6.02. The van der Waals surface area contributed by atoms with Gasteiger partial charge in [-0.1, -0.05) is 0 Å². The minimum Gasteiger partial charge on any atom is -0.383 e. The van der Waals surface area contributed by atoms with Crippen LogP contribution in [0.4, 0.5) is 0 Å². The minimum absolute atomic E-state index is 0.143. The van der Waals surface area contributed by atoms with Crippen LogP contribution >= 0.6 is 11.6 Å². The molecule has 1 saturated heterocycles. The Bertz CT molecular complexity index is 141. The predicted octanol–water partition coefficient (Wildman–Crippen LogP) is 2.59. The molecule has 78 valence electrons. The van der Waals surface area contributed by atoms with Crippen molar-refractivity contribution in [2.45, 2.75) is 50.2 Å². The van der Waals surface area contributed by atoms with Crippen molar-refractivity contribution in [2.24, 2.45) is 0 Å². The van der Waals surface area contributed by atoms with Crippen LogP contribution in [0.15, 0.2) is 0 Å². The molecule has 1 heterocycles. The maximum atomic E-state index is 6.02. The van der Waals surface area contributed by atoms with Crippen LogP contribution < -0.4 is 0 Å². The summed E-state index contributed by atoms with van der Waals surface area (Å²) in [5.74, 6) is 0. The van der Waals surface area contributed by atoms with E-state index in [1.165, 1.54) is 12.8 Å². The Balaban J connectivity index is 2.05. The molecule has 3 heteroatoms. The van der Waals surface area contributed by atoms with E-state index in [9.17, 15) is 0 Å². The molecule has 0 aliphatic carbocycles. The minimum atomic E-state index is 0.143. The summed E-state index contributed by atoms with van der Waals surface area (Å²) < 4.78 is 10.7. The smallest absolute Gasteiger partial charge is 0.0626 e. The highest BCUT2D eigenvalue weighted by Crippen LogP contribution is 2.23. The van der Waals surface area contributed by atoms with Crippen molar-refractivity contribution in [2.75, 3.05) is 13.7 Å². The third kappa shape index (κ3) is 4.30. The molecule has 0 radical (unpaired) electrons. The number of hydrogen-bond donors (Lipinski definition) is 0. The third-order valence-electron chi connectivity index (χ3n) is 2.47. The maximum Gasteiger partial charge on any atom is 0.0626 e. The van der Waals surface area contributed by atoms with Crippen molar-refractivity contribution in [1.29, 1.82) is 0 Å². The highest BCUT2D eigenvalue weighted by molar-refractivity contribution is 6.20. The first-order chi connectivity index (χ1) is 6.22. The van der Waals surface area contributed by atoms with E-state index in [1.807, 2.05) is 0 Å². The Hall–Kier alpha value is 0.210. The monoisotopic (exact) mass is 206 g/mol. The Labute approximate surface area is 85.5 Å². The molecule has 1 fully saturated rings. The van der Waals surface area contributed by atoms with E-state index in [-0.39, 0.29) is 5.38 Å². The normalized spacial score (nSPS) is 30.7. The first-order valence-electron chi connectivity index (χ1n) is 5.01. The lowest BCUT2D eigenvalue weighted by atomic mass is 10.1. The van der Waals surface area contributed by atoms with Gasteiger partial charge in [-0.3, -0.25) is 0 Å². The molecule has 0 amide bonds. The fourth-order valence-electron chi connectivity index (χ4n) is 1.73. The van der Waals surface area contributed by atoms with E-state index in [1.54, 1.807) is 7.11 Å². The van der Waals surface area contributed by atoms with E-state index < -0.39 is 0 Å². The first kappa shape index (κ1) is 11.3. The molecule has 13 heavy (non-hydrogen) atoms. The van der Waals surface area contributed by atoms with Gasteiger partial charge in [0, 0.05) is 7.11 Å². The van der Waals surface area contributed by atoms with Crippen molar-refractivity contribution in [3.8, 4) is 0 Å². The van der Waals surface area contributed by atoms with Gasteiger partial charge in [-0.15, -0.1) is 11.6 Å². The molecule has 0 bridgehead atoms.